The molecule has 0 aromatic rings. The molecule has 0 heterocycles. The minimum Gasteiger partial charge on any atom is -0.0654 e. The van der Waals surface area contributed by atoms with Crippen molar-refractivity contribution >= 4 is 0 Å². The van der Waals surface area contributed by atoms with Crippen molar-refractivity contribution in [3.8, 4) is 0 Å². The molecule has 0 fully saturated rings. The van der Waals surface area contributed by atoms with Gasteiger partial charge in [0, 0.05) is 0 Å². The van der Waals surface area contributed by atoms with Crippen molar-refractivity contribution in [2.45, 2.75) is 105 Å². The second kappa shape index (κ2) is 13.4. The van der Waals surface area contributed by atoms with Gasteiger partial charge in [0.1, 0.15) is 0 Å². The first-order valence-corrected chi connectivity index (χ1v) is 8.78. The van der Waals surface area contributed by atoms with Crippen molar-refractivity contribution in [3.63, 3.8) is 0 Å². The Hall–Kier alpha value is 0. The van der Waals surface area contributed by atoms with Gasteiger partial charge in [-0.1, -0.05) is 98.3 Å². The van der Waals surface area contributed by atoms with Crippen LogP contribution in [-0.2, 0) is 0 Å². The summed E-state index contributed by atoms with van der Waals surface area (Å²) in [6.07, 6.45) is 17.3. The van der Waals surface area contributed by atoms with E-state index in [-0.39, 0.29) is 0 Å². The van der Waals surface area contributed by atoms with Crippen molar-refractivity contribution in [1.29, 1.82) is 0 Å². The lowest BCUT2D eigenvalue weighted by Crippen LogP contribution is -2.10. The van der Waals surface area contributed by atoms with Crippen LogP contribution in [0.3, 0.4) is 0 Å². The van der Waals surface area contributed by atoms with E-state index in [1.807, 2.05) is 0 Å². The lowest BCUT2D eigenvalue weighted by Gasteiger charge is -2.23. The highest BCUT2D eigenvalue weighted by molar-refractivity contribution is 4.67. The van der Waals surface area contributed by atoms with Gasteiger partial charge < -0.3 is 0 Å². The van der Waals surface area contributed by atoms with E-state index in [2.05, 4.69) is 27.7 Å². The fourth-order valence-electron chi connectivity index (χ4n) is 3.22. The van der Waals surface area contributed by atoms with Crippen molar-refractivity contribution in [2.24, 2.45) is 11.8 Å². The molecule has 0 aliphatic carbocycles. The molecule has 0 aromatic carbocycles. The molecular weight excluding hydrogens is 216 g/mol. The molecule has 0 rings (SSSR count). The molecule has 2 atom stereocenters. The van der Waals surface area contributed by atoms with Gasteiger partial charge in [0.2, 0.25) is 0 Å². The van der Waals surface area contributed by atoms with Gasteiger partial charge in [0.05, 0.1) is 0 Å². The molecule has 0 aliphatic rings. The summed E-state index contributed by atoms with van der Waals surface area (Å²) in [6, 6.07) is 0. The van der Waals surface area contributed by atoms with Crippen LogP contribution in [0, 0.1) is 11.8 Å². The third-order valence-electron chi connectivity index (χ3n) is 4.24. The van der Waals surface area contributed by atoms with Gasteiger partial charge in [-0.05, 0) is 18.3 Å². The molecule has 18 heavy (non-hydrogen) atoms. The van der Waals surface area contributed by atoms with Crippen molar-refractivity contribution < 1.29 is 0 Å². The van der Waals surface area contributed by atoms with Gasteiger partial charge in [0.25, 0.3) is 0 Å². The maximum atomic E-state index is 2.35. The fraction of sp³-hybridized carbons (Fsp3) is 1.00. The van der Waals surface area contributed by atoms with Crippen LogP contribution in [0.4, 0.5) is 0 Å². The predicted octanol–water partition coefficient (Wildman–Crippen LogP) is 6.98. The highest BCUT2D eigenvalue weighted by Gasteiger charge is 2.15. The predicted molar refractivity (Wildman–Crippen MR) is 85.1 cm³/mol. The molecular formula is C18H38. The molecule has 0 nitrogen and oxygen atoms in total. The van der Waals surface area contributed by atoms with Crippen LogP contribution in [0.1, 0.15) is 105 Å². The molecule has 0 N–H and O–H groups in total. The molecule has 2 unspecified atom stereocenters. The molecule has 0 heteroatoms. The highest BCUT2D eigenvalue weighted by atomic mass is 14.2. The number of hydrogen-bond acceptors (Lipinski definition) is 0. The summed E-state index contributed by atoms with van der Waals surface area (Å²) >= 11 is 0. The first kappa shape index (κ1) is 18.0. The van der Waals surface area contributed by atoms with Gasteiger partial charge in [0.15, 0.2) is 0 Å². The van der Waals surface area contributed by atoms with E-state index in [1.165, 1.54) is 77.0 Å². The van der Waals surface area contributed by atoms with Gasteiger partial charge in [-0.3, -0.25) is 0 Å². The van der Waals surface area contributed by atoms with Gasteiger partial charge in [-0.15, -0.1) is 0 Å². The van der Waals surface area contributed by atoms with E-state index in [0.717, 1.165) is 11.8 Å². The van der Waals surface area contributed by atoms with Crippen molar-refractivity contribution in [3.05, 3.63) is 0 Å². The second-order valence-electron chi connectivity index (χ2n) is 6.18. The summed E-state index contributed by atoms with van der Waals surface area (Å²) in [6.45, 7) is 9.35. The van der Waals surface area contributed by atoms with Crippen LogP contribution in [0.25, 0.3) is 0 Å². The largest absolute Gasteiger partial charge is 0.0654 e. The Labute approximate surface area is 117 Å². The zero-order valence-corrected chi connectivity index (χ0v) is 13.6. The number of rotatable bonds is 13. The quantitative estimate of drug-likeness (QED) is 0.311. The van der Waals surface area contributed by atoms with Gasteiger partial charge in [-0.25, -0.2) is 0 Å². The molecule has 0 amide bonds. The second-order valence-corrected chi connectivity index (χ2v) is 6.18. The van der Waals surface area contributed by atoms with E-state index in [1.54, 1.807) is 0 Å². The Balaban J connectivity index is 4.03. The Morgan fingerprint density at radius 3 is 1.44 bits per heavy atom. The van der Waals surface area contributed by atoms with Crippen LogP contribution in [0.2, 0.25) is 0 Å². The summed E-state index contributed by atoms with van der Waals surface area (Å²) in [4.78, 5) is 0. The molecule has 0 saturated carbocycles. The zero-order chi connectivity index (χ0) is 13.6. The summed E-state index contributed by atoms with van der Waals surface area (Å²) < 4.78 is 0. The minimum absolute atomic E-state index is 1.02. The molecule has 0 bridgehead atoms. The van der Waals surface area contributed by atoms with Crippen LogP contribution in [-0.4, -0.2) is 0 Å². The van der Waals surface area contributed by atoms with Crippen molar-refractivity contribution in [2.75, 3.05) is 0 Å². The molecule has 0 spiro atoms. The van der Waals surface area contributed by atoms with Crippen LogP contribution in [0.15, 0.2) is 0 Å². The van der Waals surface area contributed by atoms with Crippen LogP contribution < -0.4 is 0 Å². The Bertz CT molecular complexity index is 150. The Morgan fingerprint density at radius 2 is 1.00 bits per heavy atom. The zero-order valence-electron chi connectivity index (χ0n) is 13.6. The third kappa shape index (κ3) is 9.97. The normalized spacial score (nSPS) is 14.7. The maximum Gasteiger partial charge on any atom is -0.0412 e. The van der Waals surface area contributed by atoms with E-state index >= 15 is 0 Å². The smallest absolute Gasteiger partial charge is 0.0412 e. The third-order valence-corrected chi connectivity index (χ3v) is 4.24. The molecule has 0 aliphatic heterocycles. The monoisotopic (exact) mass is 254 g/mol. The first-order chi connectivity index (χ1) is 8.78. The van der Waals surface area contributed by atoms with E-state index in [4.69, 9.17) is 0 Å². The standard InChI is InChI=1S/C18H38/c1-5-9-11-15-18(13-8-4)16-17(12-7-3)14-10-6-2/h17-18H,5-16H2,1-4H3. The van der Waals surface area contributed by atoms with Crippen molar-refractivity contribution in [1.82, 2.24) is 0 Å². The highest BCUT2D eigenvalue weighted by Crippen LogP contribution is 2.29. The van der Waals surface area contributed by atoms with E-state index in [0.29, 0.717) is 0 Å². The summed E-state index contributed by atoms with van der Waals surface area (Å²) in [5, 5.41) is 0. The molecule has 110 valence electrons. The Morgan fingerprint density at radius 1 is 0.500 bits per heavy atom. The van der Waals surface area contributed by atoms with Gasteiger partial charge in [-0.2, -0.15) is 0 Å². The topological polar surface area (TPSA) is 0 Å². The van der Waals surface area contributed by atoms with E-state index in [9.17, 15) is 0 Å². The summed E-state index contributed by atoms with van der Waals surface area (Å²) in [7, 11) is 0. The lowest BCUT2D eigenvalue weighted by molar-refractivity contribution is 0.293. The molecule has 0 aromatic heterocycles. The lowest BCUT2D eigenvalue weighted by atomic mass is 9.83. The average Bonchev–Trinajstić information content (AvgIpc) is 2.36. The van der Waals surface area contributed by atoms with Gasteiger partial charge >= 0.3 is 0 Å². The average molecular weight is 255 g/mol. The minimum atomic E-state index is 1.02. The number of hydrogen-bond donors (Lipinski definition) is 0. The summed E-state index contributed by atoms with van der Waals surface area (Å²) in [5.74, 6) is 2.04. The first-order valence-electron chi connectivity index (χ1n) is 8.78. The van der Waals surface area contributed by atoms with Crippen LogP contribution in [0.5, 0.6) is 0 Å². The Kier molecular flexibility index (Phi) is 13.4. The number of unbranched alkanes of at least 4 members (excludes halogenated alkanes) is 3. The SMILES string of the molecule is CCCCCC(CCC)CC(CCC)CCCC. The van der Waals surface area contributed by atoms with E-state index < -0.39 is 0 Å². The molecule has 0 radical (unpaired) electrons. The fourth-order valence-corrected chi connectivity index (χ4v) is 3.22. The maximum absolute atomic E-state index is 2.35. The summed E-state index contributed by atoms with van der Waals surface area (Å²) in [5.41, 5.74) is 0. The molecule has 0 saturated heterocycles. The van der Waals surface area contributed by atoms with Crippen LogP contribution >= 0.6 is 0 Å².